The predicted octanol–water partition coefficient (Wildman–Crippen LogP) is 3.25. The summed E-state index contributed by atoms with van der Waals surface area (Å²) in [6, 6.07) is 8.49. The van der Waals surface area contributed by atoms with Gasteiger partial charge in [-0.15, -0.1) is 0 Å². The summed E-state index contributed by atoms with van der Waals surface area (Å²) in [4.78, 5) is 43.1. The van der Waals surface area contributed by atoms with E-state index in [2.05, 4.69) is 17.6 Å². The van der Waals surface area contributed by atoms with Crippen LogP contribution in [0.2, 0.25) is 0 Å². The molecule has 1 aromatic rings. The first kappa shape index (κ1) is 26.6. The van der Waals surface area contributed by atoms with Gasteiger partial charge in [-0.25, -0.2) is 0 Å². The molecule has 8 heteroatoms. The molecule has 1 aromatic carbocycles. The predicted molar refractivity (Wildman–Crippen MR) is 137 cm³/mol. The Labute approximate surface area is 214 Å². The highest BCUT2D eigenvalue weighted by molar-refractivity contribution is 6.02. The van der Waals surface area contributed by atoms with E-state index in [1.165, 1.54) is 0 Å². The van der Waals surface area contributed by atoms with E-state index in [9.17, 15) is 19.5 Å². The minimum Gasteiger partial charge on any atom is -0.396 e. The first-order valence-corrected chi connectivity index (χ1v) is 13.6. The van der Waals surface area contributed by atoms with Crippen LogP contribution >= 0.6 is 0 Å². The fourth-order valence-electron chi connectivity index (χ4n) is 6.80. The molecule has 3 saturated heterocycles. The Balaban J connectivity index is 1.67. The van der Waals surface area contributed by atoms with Crippen LogP contribution in [-0.4, -0.2) is 64.2 Å². The lowest BCUT2D eigenvalue weighted by Crippen LogP contribution is -2.56. The van der Waals surface area contributed by atoms with Crippen LogP contribution in [0.15, 0.2) is 30.3 Å². The largest absolute Gasteiger partial charge is 0.396 e. The third-order valence-electron chi connectivity index (χ3n) is 8.42. The number of aliphatic hydroxyl groups excluding tert-OH is 1. The number of hydrogen-bond acceptors (Lipinski definition) is 5. The van der Waals surface area contributed by atoms with E-state index in [-0.39, 0.29) is 30.4 Å². The summed E-state index contributed by atoms with van der Waals surface area (Å²) in [6.45, 7) is 6.57. The summed E-state index contributed by atoms with van der Waals surface area (Å²) >= 11 is 0. The maximum absolute atomic E-state index is 14.0. The lowest BCUT2D eigenvalue weighted by Gasteiger charge is -2.34. The molecule has 3 amide bonds. The number of ether oxygens (including phenoxy) is 1. The van der Waals surface area contributed by atoms with Crippen molar-refractivity contribution in [2.75, 3.05) is 18.5 Å². The van der Waals surface area contributed by atoms with E-state index in [4.69, 9.17) is 4.74 Å². The minimum atomic E-state index is -1.00. The zero-order chi connectivity index (χ0) is 25.9. The molecule has 198 valence electrons. The molecule has 0 saturated carbocycles. The fraction of sp³-hybridized carbons (Fsp3) is 0.679. The topological polar surface area (TPSA) is 108 Å². The van der Waals surface area contributed by atoms with E-state index in [1.54, 1.807) is 4.90 Å². The van der Waals surface area contributed by atoms with Gasteiger partial charge in [-0.05, 0) is 64.0 Å². The average molecular weight is 500 g/mol. The highest BCUT2D eigenvalue weighted by atomic mass is 16.5. The van der Waals surface area contributed by atoms with Crippen molar-refractivity contribution in [2.45, 2.75) is 95.4 Å². The van der Waals surface area contributed by atoms with Gasteiger partial charge in [0.05, 0.1) is 17.4 Å². The number of rotatable bonds is 12. The number of carbonyl (C=O) groups excluding carboxylic acids is 3. The highest BCUT2D eigenvalue weighted by Gasteiger charge is 2.78. The van der Waals surface area contributed by atoms with Gasteiger partial charge in [-0.1, -0.05) is 38.5 Å². The molecule has 0 aliphatic carbocycles. The number of anilines is 1. The summed E-state index contributed by atoms with van der Waals surface area (Å²) in [6.07, 6.45) is 5.72. The molecular formula is C28H41N3O5. The molecule has 8 nitrogen and oxygen atoms in total. The van der Waals surface area contributed by atoms with Crippen molar-refractivity contribution >= 4 is 23.4 Å². The second-order valence-electron chi connectivity index (χ2n) is 10.7. The zero-order valence-electron chi connectivity index (χ0n) is 21.8. The fourth-order valence-corrected chi connectivity index (χ4v) is 6.80. The van der Waals surface area contributed by atoms with Crippen LogP contribution in [-0.2, 0) is 19.1 Å². The molecular weight excluding hydrogens is 458 g/mol. The molecule has 3 N–H and O–H groups in total. The zero-order valence-corrected chi connectivity index (χ0v) is 21.8. The van der Waals surface area contributed by atoms with E-state index in [0.29, 0.717) is 44.3 Å². The first-order valence-electron chi connectivity index (χ1n) is 13.6. The molecule has 6 atom stereocenters. The SMILES string of the molecule is CCCC(C)NC(=O)C1N(CCCCCO)C(=O)[C@@H]2[C@@H](C(=O)Nc3ccccc3)[C@@]3(CC)CCC12O3. The molecule has 4 rings (SSSR count). The van der Waals surface area contributed by atoms with E-state index < -0.39 is 29.1 Å². The molecule has 0 radical (unpaired) electrons. The molecule has 3 aliphatic rings. The summed E-state index contributed by atoms with van der Waals surface area (Å²) in [7, 11) is 0. The maximum atomic E-state index is 14.0. The number of fused-ring (bicyclic) bond motifs is 1. The van der Waals surface area contributed by atoms with Crippen molar-refractivity contribution < 1.29 is 24.2 Å². The van der Waals surface area contributed by atoms with Gasteiger partial charge in [0.1, 0.15) is 11.6 Å². The lowest BCUT2D eigenvalue weighted by molar-refractivity contribution is -0.146. The Morgan fingerprint density at radius 2 is 1.89 bits per heavy atom. The van der Waals surface area contributed by atoms with Gasteiger partial charge in [0.25, 0.3) is 0 Å². The number of aliphatic hydroxyl groups is 1. The van der Waals surface area contributed by atoms with Crippen molar-refractivity contribution in [1.29, 1.82) is 0 Å². The monoisotopic (exact) mass is 499 g/mol. The van der Waals surface area contributed by atoms with Crippen molar-refractivity contribution in [3.05, 3.63) is 30.3 Å². The Kier molecular flexibility index (Phi) is 8.05. The van der Waals surface area contributed by atoms with E-state index >= 15 is 0 Å². The quantitative estimate of drug-likeness (QED) is 0.383. The summed E-state index contributed by atoms with van der Waals surface area (Å²) < 4.78 is 6.77. The molecule has 3 unspecified atom stereocenters. The van der Waals surface area contributed by atoms with Crippen LogP contribution in [0.1, 0.15) is 72.1 Å². The van der Waals surface area contributed by atoms with Gasteiger partial charge >= 0.3 is 0 Å². The lowest BCUT2D eigenvalue weighted by atomic mass is 9.65. The van der Waals surface area contributed by atoms with Crippen LogP contribution in [0, 0.1) is 11.8 Å². The summed E-state index contributed by atoms with van der Waals surface area (Å²) in [5.41, 5.74) is -1.08. The number of nitrogens with one attached hydrogen (secondary N) is 2. The van der Waals surface area contributed by atoms with Crippen LogP contribution in [0.5, 0.6) is 0 Å². The minimum absolute atomic E-state index is 0.0137. The van der Waals surface area contributed by atoms with Gasteiger partial charge in [0.2, 0.25) is 17.7 Å². The van der Waals surface area contributed by atoms with Crippen molar-refractivity contribution in [3.63, 3.8) is 0 Å². The first-order chi connectivity index (χ1) is 17.3. The molecule has 36 heavy (non-hydrogen) atoms. The van der Waals surface area contributed by atoms with Crippen molar-refractivity contribution in [2.24, 2.45) is 11.8 Å². The van der Waals surface area contributed by atoms with Gasteiger partial charge < -0.3 is 25.4 Å². The number of carbonyl (C=O) groups is 3. The number of amides is 3. The number of nitrogens with zero attached hydrogens (tertiary/aromatic N) is 1. The van der Waals surface area contributed by atoms with Crippen molar-refractivity contribution in [3.8, 4) is 0 Å². The molecule has 1 spiro atoms. The average Bonchev–Trinajstić information content (AvgIpc) is 3.46. The third kappa shape index (κ3) is 4.54. The van der Waals surface area contributed by atoms with Crippen LogP contribution < -0.4 is 10.6 Å². The Morgan fingerprint density at radius 1 is 1.14 bits per heavy atom. The third-order valence-corrected chi connectivity index (χ3v) is 8.42. The normalized spacial score (nSPS) is 31.4. The number of hydrogen-bond donors (Lipinski definition) is 3. The van der Waals surface area contributed by atoms with Crippen LogP contribution in [0.3, 0.4) is 0 Å². The highest BCUT2D eigenvalue weighted by Crippen LogP contribution is 2.64. The maximum Gasteiger partial charge on any atom is 0.246 e. The Bertz CT molecular complexity index is 956. The number of unbranched alkanes of at least 4 members (excludes halogenated alkanes) is 2. The van der Waals surface area contributed by atoms with Crippen molar-refractivity contribution in [1.82, 2.24) is 10.2 Å². The molecule has 0 aromatic heterocycles. The smallest absolute Gasteiger partial charge is 0.246 e. The van der Waals surface area contributed by atoms with E-state index in [0.717, 1.165) is 19.3 Å². The second kappa shape index (κ2) is 10.9. The van der Waals surface area contributed by atoms with Gasteiger partial charge in [0.15, 0.2) is 0 Å². The molecule has 3 fully saturated rings. The number of likely N-dealkylation sites (tertiary alicyclic amines) is 1. The van der Waals surface area contributed by atoms with Gasteiger partial charge in [-0.3, -0.25) is 14.4 Å². The van der Waals surface area contributed by atoms with Gasteiger partial charge in [-0.2, -0.15) is 0 Å². The standard InChI is InChI=1S/C28H41N3O5/c1-4-12-19(3)29-25(34)23-28-16-15-27(5-2,36-28)21(24(33)30-20-13-8-6-9-14-20)22(28)26(35)31(23)17-10-7-11-18-32/h6,8-9,13-14,19,21-23,32H,4-5,7,10-12,15-18H2,1-3H3,(H,29,34)(H,30,33)/t19?,21-,22-,23?,27+,28?/m0/s1. The Hall–Kier alpha value is -2.45. The second-order valence-corrected chi connectivity index (χ2v) is 10.7. The number of benzene rings is 1. The summed E-state index contributed by atoms with van der Waals surface area (Å²) in [5, 5.41) is 15.3. The Morgan fingerprint density at radius 3 is 2.56 bits per heavy atom. The summed E-state index contributed by atoms with van der Waals surface area (Å²) in [5.74, 6) is -1.92. The van der Waals surface area contributed by atoms with E-state index in [1.807, 2.05) is 44.2 Å². The number of para-hydroxylation sites is 1. The van der Waals surface area contributed by atoms with Crippen LogP contribution in [0.4, 0.5) is 5.69 Å². The van der Waals surface area contributed by atoms with Gasteiger partial charge in [0, 0.05) is 24.9 Å². The molecule has 3 heterocycles. The molecule has 2 bridgehead atoms. The van der Waals surface area contributed by atoms with Crippen LogP contribution in [0.25, 0.3) is 0 Å². The molecule has 3 aliphatic heterocycles.